The lowest BCUT2D eigenvalue weighted by Crippen LogP contribution is -2.03. The average molecular weight is 223 g/mol. The fourth-order valence-electron chi connectivity index (χ4n) is 1.79. The number of hydrogen-bond acceptors (Lipinski definition) is 1. The van der Waals surface area contributed by atoms with Gasteiger partial charge in [0.05, 0.1) is 13.3 Å². The van der Waals surface area contributed by atoms with E-state index in [1.807, 2.05) is 25.1 Å². The summed E-state index contributed by atoms with van der Waals surface area (Å²) in [6.45, 7) is 8.10. The van der Waals surface area contributed by atoms with Crippen molar-refractivity contribution in [3.8, 4) is 5.75 Å². The highest BCUT2D eigenvalue weighted by Crippen LogP contribution is 2.26. The van der Waals surface area contributed by atoms with Gasteiger partial charge in [-0.3, -0.25) is 4.39 Å². The van der Waals surface area contributed by atoms with Crippen LogP contribution in [0.1, 0.15) is 37.3 Å². The Bertz CT molecular complexity index is 323. The first-order valence-electron chi connectivity index (χ1n) is 5.87. The van der Waals surface area contributed by atoms with Crippen LogP contribution in [0.3, 0.4) is 0 Å². The molecular weight excluding hydrogens is 203 g/mol. The smallest absolute Gasteiger partial charge is 0.119 e. The SMILES string of the molecule is [CH2]C(CF)c1cc(OCC)ccc1CCC. The quantitative estimate of drug-likeness (QED) is 0.710. The highest BCUT2D eigenvalue weighted by Gasteiger charge is 2.11. The van der Waals surface area contributed by atoms with Crippen LogP contribution in [0.5, 0.6) is 5.75 Å². The molecular formula is C14H20FO. The minimum absolute atomic E-state index is 0.290. The standard InChI is InChI=1S/C14H20FO/c1-4-6-12-7-8-13(16-5-2)9-14(12)11(3)10-15/h7-9,11H,3-6,10H2,1-2H3. The predicted molar refractivity (Wildman–Crippen MR) is 65.7 cm³/mol. The number of rotatable bonds is 6. The number of aryl methyl sites for hydroxylation is 1. The molecule has 0 amide bonds. The number of alkyl halides is 1. The second kappa shape index (κ2) is 6.51. The summed E-state index contributed by atoms with van der Waals surface area (Å²) in [5.41, 5.74) is 2.17. The van der Waals surface area contributed by atoms with Gasteiger partial charge in [0.2, 0.25) is 0 Å². The molecule has 0 saturated heterocycles. The molecule has 16 heavy (non-hydrogen) atoms. The van der Waals surface area contributed by atoms with Crippen LogP contribution in [-0.2, 0) is 6.42 Å². The van der Waals surface area contributed by atoms with Gasteiger partial charge in [-0.2, -0.15) is 0 Å². The number of hydrogen-bond donors (Lipinski definition) is 0. The van der Waals surface area contributed by atoms with Gasteiger partial charge in [-0.25, -0.2) is 0 Å². The Morgan fingerprint density at radius 3 is 2.69 bits per heavy atom. The van der Waals surface area contributed by atoms with Crippen molar-refractivity contribution in [2.75, 3.05) is 13.3 Å². The van der Waals surface area contributed by atoms with Gasteiger partial charge in [0.25, 0.3) is 0 Å². The van der Waals surface area contributed by atoms with Crippen LogP contribution in [0.25, 0.3) is 0 Å². The van der Waals surface area contributed by atoms with Crippen LogP contribution in [0, 0.1) is 6.92 Å². The van der Waals surface area contributed by atoms with E-state index >= 15 is 0 Å². The van der Waals surface area contributed by atoms with Gasteiger partial charge in [0, 0.05) is 5.92 Å². The van der Waals surface area contributed by atoms with Crippen molar-refractivity contribution in [3.05, 3.63) is 36.2 Å². The van der Waals surface area contributed by atoms with Crippen molar-refractivity contribution in [1.82, 2.24) is 0 Å². The third-order valence-electron chi connectivity index (χ3n) is 2.57. The van der Waals surface area contributed by atoms with Crippen LogP contribution in [0.4, 0.5) is 4.39 Å². The minimum Gasteiger partial charge on any atom is -0.494 e. The summed E-state index contributed by atoms with van der Waals surface area (Å²) in [6.07, 6.45) is 2.02. The lowest BCUT2D eigenvalue weighted by Gasteiger charge is -2.15. The lowest BCUT2D eigenvalue weighted by atomic mass is 9.94. The Morgan fingerprint density at radius 1 is 1.38 bits per heavy atom. The molecule has 0 fully saturated rings. The van der Waals surface area contributed by atoms with Crippen molar-refractivity contribution in [2.24, 2.45) is 0 Å². The van der Waals surface area contributed by atoms with E-state index in [2.05, 4.69) is 13.8 Å². The van der Waals surface area contributed by atoms with E-state index in [4.69, 9.17) is 4.74 Å². The van der Waals surface area contributed by atoms with E-state index < -0.39 is 6.67 Å². The first-order chi connectivity index (χ1) is 7.72. The third kappa shape index (κ3) is 3.22. The Balaban J connectivity index is 3.00. The molecule has 2 heteroatoms. The van der Waals surface area contributed by atoms with E-state index in [0.29, 0.717) is 6.61 Å². The van der Waals surface area contributed by atoms with Gasteiger partial charge in [0.15, 0.2) is 0 Å². The zero-order valence-corrected chi connectivity index (χ0v) is 10.1. The summed E-state index contributed by atoms with van der Waals surface area (Å²) >= 11 is 0. The van der Waals surface area contributed by atoms with E-state index in [0.717, 1.165) is 24.2 Å². The zero-order valence-electron chi connectivity index (χ0n) is 10.1. The summed E-state index contributed by atoms with van der Waals surface area (Å²) < 4.78 is 18.1. The van der Waals surface area contributed by atoms with Gasteiger partial charge in [0.1, 0.15) is 5.75 Å². The average Bonchev–Trinajstić information content (AvgIpc) is 2.31. The van der Waals surface area contributed by atoms with Crippen molar-refractivity contribution in [1.29, 1.82) is 0 Å². The van der Waals surface area contributed by atoms with Gasteiger partial charge in [-0.15, -0.1) is 0 Å². The van der Waals surface area contributed by atoms with Crippen molar-refractivity contribution >= 4 is 0 Å². The Hall–Kier alpha value is -1.05. The number of ether oxygens (including phenoxy) is 1. The van der Waals surface area contributed by atoms with E-state index in [-0.39, 0.29) is 5.92 Å². The first-order valence-corrected chi connectivity index (χ1v) is 5.87. The topological polar surface area (TPSA) is 9.23 Å². The van der Waals surface area contributed by atoms with E-state index in [1.165, 1.54) is 5.56 Å². The molecule has 0 saturated carbocycles. The molecule has 1 nitrogen and oxygen atoms in total. The lowest BCUT2D eigenvalue weighted by molar-refractivity contribution is 0.339. The monoisotopic (exact) mass is 223 g/mol. The molecule has 1 radical (unpaired) electrons. The first kappa shape index (κ1) is 13.0. The normalized spacial score (nSPS) is 12.5. The molecule has 1 rings (SSSR count). The molecule has 0 aliphatic carbocycles. The summed E-state index contributed by atoms with van der Waals surface area (Å²) in [5.74, 6) is 0.515. The molecule has 0 N–H and O–H groups in total. The Kier molecular flexibility index (Phi) is 5.30. The van der Waals surface area contributed by atoms with Gasteiger partial charge < -0.3 is 4.74 Å². The molecule has 0 aliphatic heterocycles. The molecule has 1 aromatic rings. The third-order valence-corrected chi connectivity index (χ3v) is 2.57. The number of benzene rings is 1. The maximum atomic E-state index is 12.7. The van der Waals surface area contributed by atoms with Crippen LogP contribution >= 0.6 is 0 Å². The summed E-state index contributed by atoms with van der Waals surface area (Å²) in [6, 6.07) is 5.90. The molecule has 1 atom stereocenters. The Labute approximate surface area is 97.6 Å². The van der Waals surface area contributed by atoms with Gasteiger partial charge in [-0.05, 0) is 43.5 Å². The predicted octanol–water partition coefficient (Wildman–Crippen LogP) is 3.92. The fraction of sp³-hybridized carbons (Fsp3) is 0.500. The molecule has 89 valence electrons. The van der Waals surface area contributed by atoms with Gasteiger partial charge in [-0.1, -0.05) is 19.4 Å². The molecule has 0 spiro atoms. The largest absolute Gasteiger partial charge is 0.494 e. The molecule has 1 unspecified atom stereocenters. The van der Waals surface area contributed by atoms with Crippen LogP contribution in [-0.4, -0.2) is 13.3 Å². The zero-order chi connectivity index (χ0) is 12.0. The van der Waals surface area contributed by atoms with Crippen LogP contribution < -0.4 is 4.74 Å². The molecule has 0 aromatic heterocycles. The highest BCUT2D eigenvalue weighted by atomic mass is 19.1. The van der Waals surface area contributed by atoms with Gasteiger partial charge >= 0.3 is 0 Å². The van der Waals surface area contributed by atoms with E-state index in [1.54, 1.807) is 0 Å². The highest BCUT2D eigenvalue weighted by molar-refractivity contribution is 5.38. The van der Waals surface area contributed by atoms with Crippen LogP contribution in [0.2, 0.25) is 0 Å². The summed E-state index contributed by atoms with van der Waals surface area (Å²) in [7, 11) is 0. The second-order valence-electron chi connectivity index (χ2n) is 3.89. The summed E-state index contributed by atoms with van der Waals surface area (Å²) in [5, 5.41) is 0. The van der Waals surface area contributed by atoms with Crippen molar-refractivity contribution < 1.29 is 9.13 Å². The molecule has 0 heterocycles. The van der Waals surface area contributed by atoms with Crippen molar-refractivity contribution in [3.63, 3.8) is 0 Å². The molecule has 0 bridgehead atoms. The number of halogens is 1. The fourth-order valence-corrected chi connectivity index (χ4v) is 1.79. The molecule has 1 aromatic carbocycles. The maximum absolute atomic E-state index is 12.7. The summed E-state index contributed by atoms with van der Waals surface area (Å²) in [4.78, 5) is 0. The minimum atomic E-state index is -0.424. The second-order valence-corrected chi connectivity index (χ2v) is 3.89. The Morgan fingerprint density at radius 2 is 2.12 bits per heavy atom. The maximum Gasteiger partial charge on any atom is 0.119 e. The van der Waals surface area contributed by atoms with E-state index in [9.17, 15) is 4.39 Å². The van der Waals surface area contributed by atoms with Crippen molar-refractivity contribution in [2.45, 2.75) is 32.6 Å². The van der Waals surface area contributed by atoms with Crippen LogP contribution in [0.15, 0.2) is 18.2 Å². The molecule has 0 aliphatic rings.